The van der Waals surface area contributed by atoms with Crippen molar-refractivity contribution in [2.45, 2.75) is 106 Å². The average Bonchev–Trinajstić information content (AvgIpc) is 2.79. The van der Waals surface area contributed by atoms with Crippen LogP contribution in [0.3, 0.4) is 0 Å². The van der Waals surface area contributed by atoms with Crippen molar-refractivity contribution in [2.75, 3.05) is 52.9 Å². The first kappa shape index (κ1) is 38.6. The van der Waals surface area contributed by atoms with Crippen LogP contribution < -0.4 is 0 Å². The maximum absolute atomic E-state index is 7.14. The highest BCUT2D eigenvalue weighted by atomic mass is 28.5. The minimum Gasteiger partial charge on any atom is -0.415 e. The molecule has 1 fully saturated rings. The van der Waals surface area contributed by atoms with Gasteiger partial charge in [-0.3, -0.25) is 0 Å². The quantitative estimate of drug-likeness (QED) is 0.104. The Morgan fingerprint density at radius 1 is 0.375 bits per heavy atom. The zero-order valence-electron chi connectivity index (χ0n) is 28.1. The Morgan fingerprint density at radius 3 is 0.700 bits per heavy atom. The zero-order valence-corrected chi connectivity index (χ0v) is 32.1. The first-order valence-corrected chi connectivity index (χ1v) is 25.7. The van der Waals surface area contributed by atoms with Gasteiger partial charge in [0.1, 0.15) is 0 Å². The van der Waals surface area contributed by atoms with E-state index in [0.717, 1.165) is 50.6 Å². The van der Waals surface area contributed by atoms with Crippen LogP contribution in [0.2, 0.25) is 50.4 Å². The van der Waals surface area contributed by atoms with Crippen LogP contribution in [0.5, 0.6) is 0 Å². The highest BCUT2D eigenvalue weighted by molar-refractivity contribution is 6.94. The van der Waals surface area contributed by atoms with Crippen molar-refractivity contribution in [3.8, 4) is 0 Å². The van der Waals surface area contributed by atoms with Crippen LogP contribution >= 0.6 is 0 Å². The summed E-state index contributed by atoms with van der Waals surface area (Å²) in [6.07, 6.45) is 0. The van der Waals surface area contributed by atoms with Crippen LogP contribution in [0.15, 0.2) is 0 Å². The van der Waals surface area contributed by atoms with E-state index >= 15 is 0 Å². The average molecular weight is 641 g/mol. The smallest absolute Gasteiger partial charge is 0.319 e. The monoisotopic (exact) mass is 640 g/mol. The molecular weight excluding hydrogens is 577 g/mol. The van der Waals surface area contributed by atoms with Crippen molar-refractivity contribution in [3.05, 3.63) is 0 Å². The van der Waals surface area contributed by atoms with Gasteiger partial charge in [0.25, 0.3) is 0 Å². The predicted octanol–water partition coefficient (Wildman–Crippen LogP) is 7.04. The van der Waals surface area contributed by atoms with Crippen molar-refractivity contribution in [1.82, 2.24) is 0 Å². The lowest BCUT2D eigenvalue weighted by Crippen LogP contribution is -2.68. The van der Waals surface area contributed by atoms with Gasteiger partial charge in [0.15, 0.2) is 0 Å². The molecule has 0 aromatic carbocycles. The second kappa shape index (κ2) is 18.4. The third-order valence-corrected chi connectivity index (χ3v) is 24.6. The molecule has 0 radical (unpaired) electrons. The SMILES string of the molecule is CC(C)COCC[Si]1(C)O[Si](C)(CCOCC(C)C)O[Si](C)(CCOCC(C)C)O[Si](C)(CCOCC(C)C)O1. The highest BCUT2D eigenvalue weighted by Gasteiger charge is 2.56. The normalized spacial score (nSPS) is 30.0. The molecule has 40 heavy (non-hydrogen) atoms. The number of hydrogen-bond acceptors (Lipinski definition) is 8. The minimum absolute atomic E-state index is 0.487. The van der Waals surface area contributed by atoms with E-state index in [0.29, 0.717) is 50.1 Å². The molecule has 0 saturated carbocycles. The molecule has 0 unspecified atom stereocenters. The molecule has 0 amide bonds. The van der Waals surface area contributed by atoms with Gasteiger partial charge in [0.2, 0.25) is 0 Å². The summed E-state index contributed by atoms with van der Waals surface area (Å²) in [4.78, 5) is 0. The molecule has 1 heterocycles. The lowest BCUT2D eigenvalue weighted by molar-refractivity contribution is 0.103. The molecule has 0 spiro atoms. The fraction of sp³-hybridized carbons (Fsp3) is 1.00. The van der Waals surface area contributed by atoms with Crippen molar-refractivity contribution in [2.24, 2.45) is 23.7 Å². The Bertz CT molecular complexity index is 561. The van der Waals surface area contributed by atoms with E-state index in [1.807, 2.05) is 0 Å². The van der Waals surface area contributed by atoms with Gasteiger partial charge in [-0.1, -0.05) is 55.4 Å². The Labute approximate surface area is 251 Å². The van der Waals surface area contributed by atoms with Crippen LogP contribution in [0.25, 0.3) is 0 Å². The van der Waals surface area contributed by atoms with Gasteiger partial charge in [-0.25, -0.2) is 0 Å². The van der Waals surface area contributed by atoms with Gasteiger partial charge in [-0.15, -0.1) is 0 Å². The Morgan fingerprint density at radius 2 is 0.550 bits per heavy atom. The largest absolute Gasteiger partial charge is 0.415 e. The summed E-state index contributed by atoms with van der Waals surface area (Å²) in [5.41, 5.74) is 0. The van der Waals surface area contributed by atoms with E-state index in [9.17, 15) is 0 Å². The number of hydrogen-bond donors (Lipinski definition) is 0. The lowest BCUT2D eigenvalue weighted by atomic mass is 10.2. The first-order chi connectivity index (χ1) is 18.5. The number of rotatable bonds is 20. The maximum Gasteiger partial charge on any atom is 0.319 e. The summed E-state index contributed by atoms with van der Waals surface area (Å²) >= 11 is 0. The van der Waals surface area contributed by atoms with Crippen molar-refractivity contribution in [3.63, 3.8) is 0 Å². The maximum atomic E-state index is 7.14. The molecule has 0 aromatic rings. The third kappa shape index (κ3) is 17.0. The second-order valence-corrected chi connectivity index (χ2v) is 28.2. The standard InChI is InChI=1S/C28H64O8Si4/c1-25(2)21-29-13-17-37(9)33-38(10,18-14-30-22-26(3)4)35-40(12,20-16-32-24-28(7)8)36-39(11,34-37)19-15-31-23-27(5)6/h25-28H,13-24H2,1-12H3. The van der Waals surface area contributed by atoms with Gasteiger partial charge < -0.3 is 35.4 Å². The Kier molecular flexibility index (Phi) is 17.7. The van der Waals surface area contributed by atoms with Gasteiger partial charge in [0, 0.05) is 77.0 Å². The van der Waals surface area contributed by atoms with Crippen LogP contribution in [0.1, 0.15) is 55.4 Å². The molecular formula is C28H64O8Si4. The van der Waals surface area contributed by atoms with Gasteiger partial charge in [0.05, 0.1) is 0 Å². The molecule has 0 aliphatic carbocycles. The van der Waals surface area contributed by atoms with E-state index in [1.54, 1.807) is 0 Å². The van der Waals surface area contributed by atoms with E-state index in [-0.39, 0.29) is 0 Å². The topological polar surface area (TPSA) is 73.8 Å². The van der Waals surface area contributed by atoms with Crippen LogP contribution in [-0.4, -0.2) is 87.1 Å². The van der Waals surface area contributed by atoms with Crippen molar-refractivity contribution < 1.29 is 35.4 Å². The summed E-state index contributed by atoms with van der Waals surface area (Å²) in [5.74, 6) is 1.95. The van der Waals surface area contributed by atoms with Gasteiger partial charge in [-0.2, -0.15) is 0 Å². The third-order valence-electron chi connectivity index (χ3n) is 6.33. The molecule has 1 saturated heterocycles. The van der Waals surface area contributed by atoms with Crippen LogP contribution in [0.4, 0.5) is 0 Å². The van der Waals surface area contributed by atoms with Crippen molar-refractivity contribution >= 4 is 34.2 Å². The molecule has 0 N–H and O–H groups in total. The van der Waals surface area contributed by atoms with E-state index in [2.05, 4.69) is 81.6 Å². The molecule has 0 aromatic heterocycles. The predicted molar refractivity (Wildman–Crippen MR) is 173 cm³/mol. The molecule has 240 valence electrons. The van der Waals surface area contributed by atoms with Gasteiger partial charge in [-0.05, 0) is 49.9 Å². The van der Waals surface area contributed by atoms with Crippen LogP contribution in [0, 0.1) is 23.7 Å². The molecule has 1 aliphatic rings. The highest BCUT2D eigenvalue weighted by Crippen LogP contribution is 2.37. The fourth-order valence-electron chi connectivity index (χ4n) is 4.62. The minimum atomic E-state index is -2.71. The molecule has 0 atom stereocenters. The van der Waals surface area contributed by atoms with E-state index in [4.69, 9.17) is 35.4 Å². The Hall–Kier alpha value is 0.548. The van der Waals surface area contributed by atoms with Gasteiger partial charge >= 0.3 is 34.2 Å². The summed E-state index contributed by atoms with van der Waals surface area (Å²) in [6.45, 7) is 31.4. The second-order valence-electron chi connectivity index (χ2n) is 13.8. The molecule has 0 bridgehead atoms. The molecule has 12 heteroatoms. The van der Waals surface area contributed by atoms with E-state index < -0.39 is 34.2 Å². The summed E-state index contributed by atoms with van der Waals surface area (Å²) in [6, 6.07) is 2.97. The van der Waals surface area contributed by atoms with Crippen LogP contribution in [-0.2, 0) is 35.4 Å². The lowest BCUT2D eigenvalue weighted by Gasteiger charge is -2.50. The summed E-state index contributed by atoms with van der Waals surface area (Å²) in [7, 11) is -10.9. The molecule has 8 nitrogen and oxygen atoms in total. The van der Waals surface area contributed by atoms with E-state index in [1.165, 1.54) is 0 Å². The van der Waals surface area contributed by atoms with Crippen molar-refractivity contribution in [1.29, 1.82) is 0 Å². The summed E-state index contributed by atoms with van der Waals surface area (Å²) < 4.78 is 52.6. The first-order valence-electron chi connectivity index (χ1n) is 15.6. The molecule has 1 aliphatic heterocycles. The number of ether oxygens (including phenoxy) is 4. The Balaban J connectivity index is 3.22. The molecule has 1 rings (SSSR count). The zero-order chi connectivity index (χ0) is 30.5. The summed E-state index contributed by atoms with van der Waals surface area (Å²) in [5, 5.41) is 0. The fourth-order valence-corrected chi connectivity index (χ4v) is 26.7.